The second-order valence-corrected chi connectivity index (χ2v) is 9.30. The quantitative estimate of drug-likeness (QED) is 0.649. The lowest BCUT2D eigenvalue weighted by molar-refractivity contribution is 0.160. The van der Waals surface area contributed by atoms with Crippen molar-refractivity contribution in [3.05, 3.63) is 47.9 Å². The van der Waals surface area contributed by atoms with Gasteiger partial charge in [0.15, 0.2) is 5.82 Å². The average Bonchev–Trinajstić information content (AvgIpc) is 2.66. The van der Waals surface area contributed by atoms with Crippen LogP contribution in [0.4, 0.5) is 10.2 Å². The number of hydrogen-bond acceptors (Lipinski definition) is 6. The summed E-state index contributed by atoms with van der Waals surface area (Å²) >= 11 is 0. The molecule has 1 aromatic heterocycles. The molecule has 0 bridgehead atoms. The number of halogens is 1. The number of benzene rings is 1. The lowest BCUT2D eigenvalue weighted by Crippen LogP contribution is -2.62. The van der Waals surface area contributed by atoms with E-state index in [2.05, 4.69) is 48.1 Å². The van der Waals surface area contributed by atoms with Crippen molar-refractivity contribution >= 4 is 17.6 Å². The first kappa shape index (κ1) is 21.9. The lowest BCUT2D eigenvalue weighted by atomic mass is 9.79. The minimum atomic E-state index is -0.425. The average molecular weight is 411 g/mol. The molecule has 0 saturated carbocycles. The number of anilines is 1. The number of nitrogens with two attached hydrogens (primary N) is 1. The molecule has 2 aromatic rings. The van der Waals surface area contributed by atoms with Crippen LogP contribution in [0, 0.1) is 11.2 Å². The van der Waals surface area contributed by atoms with Crippen molar-refractivity contribution in [2.24, 2.45) is 5.73 Å². The number of aromatic nitrogens is 2. The lowest BCUT2D eigenvalue weighted by Gasteiger charge is -2.49. The van der Waals surface area contributed by atoms with Crippen LogP contribution < -0.4 is 16.0 Å². The molecule has 7 heteroatoms. The number of nitrogens with zero attached hydrogens (tertiary/aromatic N) is 3. The zero-order valence-electron chi connectivity index (χ0n) is 18.3. The molecule has 6 nitrogen and oxygen atoms in total. The predicted octanol–water partition coefficient (Wildman–Crippen LogP) is 3.98. The highest BCUT2D eigenvalue weighted by molar-refractivity contribution is 6.08. The maximum Gasteiger partial charge on any atom is 0.151 e. The van der Waals surface area contributed by atoms with Gasteiger partial charge in [-0.25, -0.2) is 4.39 Å². The summed E-state index contributed by atoms with van der Waals surface area (Å²) < 4.78 is 14.7. The van der Waals surface area contributed by atoms with Crippen LogP contribution >= 0.6 is 0 Å². The summed E-state index contributed by atoms with van der Waals surface area (Å²) in [6, 6.07) is 8.74. The van der Waals surface area contributed by atoms with Gasteiger partial charge in [-0.2, -0.15) is 0 Å². The minimum Gasteiger partial charge on any atom is -0.404 e. The summed E-state index contributed by atoms with van der Waals surface area (Å²) in [5.74, 6) is 0.345. The van der Waals surface area contributed by atoms with Gasteiger partial charge in [0, 0.05) is 47.7 Å². The Kier molecular flexibility index (Phi) is 5.94. The highest BCUT2D eigenvalue weighted by Crippen LogP contribution is 2.33. The molecule has 0 spiro atoms. The molecular formula is C23H31FN6. The molecule has 2 heterocycles. The Hall–Kier alpha value is -2.80. The SMILES string of the molecule is CN(c1ccc(-c2ccc(/C(C=N)=C/N)cc2F)nn1)C1CC(C)(C)NC(C)(C)C1. The van der Waals surface area contributed by atoms with Gasteiger partial charge in [-0.3, -0.25) is 0 Å². The van der Waals surface area contributed by atoms with Gasteiger partial charge in [-0.15, -0.1) is 10.2 Å². The zero-order chi connectivity index (χ0) is 22.1. The Balaban J connectivity index is 1.82. The first-order valence-corrected chi connectivity index (χ1v) is 10.1. The molecule has 3 rings (SSSR count). The number of rotatable bonds is 5. The Morgan fingerprint density at radius 2 is 1.83 bits per heavy atom. The maximum atomic E-state index is 14.7. The van der Waals surface area contributed by atoms with Gasteiger partial charge in [0.1, 0.15) is 5.82 Å². The van der Waals surface area contributed by atoms with E-state index >= 15 is 0 Å². The Morgan fingerprint density at radius 1 is 1.17 bits per heavy atom. The van der Waals surface area contributed by atoms with E-state index in [9.17, 15) is 4.39 Å². The standard InChI is InChI=1S/C23H31FN6/c1-22(2)11-17(12-23(3,4)29-22)30(5)21-9-8-20(27-28-21)18-7-6-15(10-19(18)24)16(13-25)14-26/h6-10,13-14,17,25,29H,11-12,26H2,1-5H3/b16-14+,25-13?. The summed E-state index contributed by atoms with van der Waals surface area (Å²) in [6.07, 6.45) is 4.38. The molecule has 1 aliphatic heterocycles. The Labute approximate surface area is 177 Å². The smallest absolute Gasteiger partial charge is 0.151 e. The minimum absolute atomic E-state index is 0.0340. The van der Waals surface area contributed by atoms with E-state index in [0.29, 0.717) is 28.4 Å². The molecule has 0 amide bonds. The molecule has 0 aliphatic carbocycles. The summed E-state index contributed by atoms with van der Waals surface area (Å²) in [5, 5.41) is 19.7. The molecule has 160 valence electrons. The van der Waals surface area contributed by atoms with E-state index < -0.39 is 5.82 Å². The first-order valence-electron chi connectivity index (χ1n) is 10.1. The van der Waals surface area contributed by atoms with Gasteiger partial charge in [0.2, 0.25) is 0 Å². The second kappa shape index (κ2) is 8.14. The van der Waals surface area contributed by atoms with Crippen LogP contribution in [-0.4, -0.2) is 40.6 Å². The van der Waals surface area contributed by atoms with Crippen LogP contribution in [0.1, 0.15) is 46.1 Å². The summed E-state index contributed by atoms with van der Waals surface area (Å²) in [5.41, 5.74) is 7.40. The highest BCUT2D eigenvalue weighted by Gasteiger charge is 2.39. The van der Waals surface area contributed by atoms with Crippen LogP contribution in [0.15, 0.2) is 36.5 Å². The Morgan fingerprint density at radius 3 is 2.33 bits per heavy atom. The Bertz CT molecular complexity index is 933. The van der Waals surface area contributed by atoms with E-state index in [1.54, 1.807) is 18.2 Å². The fourth-order valence-electron chi connectivity index (χ4n) is 4.52. The summed E-state index contributed by atoms with van der Waals surface area (Å²) in [7, 11) is 2.04. The van der Waals surface area contributed by atoms with E-state index in [-0.39, 0.29) is 11.1 Å². The zero-order valence-corrected chi connectivity index (χ0v) is 18.3. The van der Waals surface area contributed by atoms with Crippen LogP contribution in [0.25, 0.3) is 16.8 Å². The molecular weight excluding hydrogens is 379 g/mol. The third kappa shape index (κ3) is 4.67. The summed E-state index contributed by atoms with van der Waals surface area (Å²) in [6.45, 7) is 8.89. The molecule has 0 radical (unpaired) electrons. The third-order valence-electron chi connectivity index (χ3n) is 5.64. The largest absolute Gasteiger partial charge is 0.404 e. The normalized spacial score (nSPS) is 18.8. The molecule has 30 heavy (non-hydrogen) atoms. The molecule has 1 aliphatic rings. The van der Waals surface area contributed by atoms with E-state index in [0.717, 1.165) is 24.9 Å². The van der Waals surface area contributed by atoms with Crippen molar-refractivity contribution in [1.82, 2.24) is 15.5 Å². The fraction of sp³-hybridized carbons (Fsp3) is 0.435. The van der Waals surface area contributed by atoms with Crippen molar-refractivity contribution in [3.63, 3.8) is 0 Å². The number of nitrogens with one attached hydrogen (secondary N) is 2. The van der Waals surface area contributed by atoms with Gasteiger partial charge >= 0.3 is 0 Å². The van der Waals surface area contributed by atoms with Gasteiger partial charge in [0.25, 0.3) is 0 Å². The third-order valence-corrected chi connectivity index (χ3v) is 5.64. The van der Waals surface area contributed by atoms with Crippen LogP contribution in [0.5, 0.6) is 0 Å². The number of hydrogen-bond donors (Lipinski definition) is 3. The topological polar surface area (TPSA) is 90.9 Å². The number of allylic oxidation sites excluding steroid dienone is 1. The van der Waals surface area contributed by atoms with Crippen LogP contribution in [0.2, 0.25) is 0 Å². The van der Waals surface area contributed by atoms with E-state index in [1.165, 1.54) is 12.3 Å². The van der Waals surface area contributed by atoms with Crippen molar-refractivity contribution in [3.8, 4) is 11.3 Å². The van der Waals surface area contributed by atoms with Crippen molar-refractivity contribution in [2.45, 2.75) is 57.7 Å². The van der Waals surface area contributed by atoms with Crippen molar-refractivity contribution in [2.75, 3.05) is 11.9 Å². The molecule has 0 atom stereocenters. The van der Waals surface area contributed by atoms with Gasteiger partial charge in [-0.1, -0.05) is 6.07 Å². The molecule has 4 N–H and O–H groups in total. The fourth-order valence-corrected chi connectivity index (χ4v) is 4.52. The van der Waals surface area contributed by atoms with E-state index in [1.807, 2.05) is 13.1 Å². The second-order valence-electron chi connectivity index (χ2n) is 9.30. The molecule has 1 saturated heterocycles. The molecule has 0 unspecified atom stereocenters. The van der Waals surface area contributed by atoms with Gasteiger partial charge in [-0.05, 0) is 70.4 Å². The number of piperidine rings is 1. The molecule has 1 aromatic carbocycles. The van der Waals surface area contributed by atoms with Gasteiger partial charge < -0.3 is 21.4 Å². The summed E-state index contributed by atoms with van der Waals surface area (Å²) in [4.78, 5) is 2.17. The first-order chi connectivity index (χ1) is 14.0. The predicted molar refractivity (Wildman–Crippen MR) is 121 cm³/mol. The van der Waals surface area contributed by atoms with Crippen LogP contribution in [-0.2, 0) is 0 Å². The van der Waals surface area contributed by atoms with Crippen molar-refractivity contribution < 1.29 is 4.39 Å². The van der Waals surface area contributed by atoms with Crippen LogP contribution in [0.3, 0.4) is 0 Å². The monoisotopic (exact) mass is 410 g/mol. The highest BCUT2D eigenvalue weighted by atomic mass is 19.1. The maximum absolute atomic E-state index is 14.7. The van der Waals surface area contributed by atoms with E-state index in [4.69, 9.17) is 11.1 Å². The molecule has 1 fully saturated rings. The van der Waals surface area contributed by atoms with Crippen molar-refractivity contribution in [1.29, 1.82) is 5.41 Å². The van der Waals surface area contributed by atoms with Gasteiger partial charge in [0.05, 0.1) is 5.69 Å².